The Morgan fingerprint density at radius 2 is 2.00 bits per heavy atom. The first-order chi connectivity index (χ1) is 12.1. The summed E-state index contributed by atoms with van der Waals surface area (Å²) in [5.41, 5.74) is 2.05. The molecule has 25 heavy (non-hydrogen) atoms. The number of hydrogen-bond donors (Lipinski definition) is 2. The van der Waals surface area contributed by atoms with E-state index < -0.39 is 0 Å². The average molecular weight is 339 g/mol. The molecule has 0 amide bonds. The maximum absolute atomic E-state index is 12.6. The Labute approximate surface area is 147 Å². The summed E-state index contributed by atoms with van der Waals surface area (Å²) >= 11 is 0. The number of ketones is 1. The number of aromatic nitrogens is 1. The Kier molecular flexibility index (Phi) is 5.14. The van der Waals surface area contributed by atoms with Crippen molar-refractivity contribution in [3.05, 3.63) is 59.1 Å². The van der Waals surface area contributed by atoms with Crippen LogP contribution in [0.15, 0.2) is 42.4 Å². The number of Topliss-reactive ketones (excluding diaryl/α,β-unsaturated/α-hetero) is 1. The van der Waals surface area contributed by atoms with Crippen LogP contribution in [0.5, 0.6) is 11.5 Å². The third kappa shape index (κ3) is 3.72. The molecule has 0 radical (unpaired) electrons. The normalized spacial score (nSPS) is 15.9. The van der Waals surface area contributed by atoms with Crippen LogP contribution in [-0.4, -0.2) is 29.5 Å². The second-order valence-corrected chi connectivity index (χ2v) is 6.40. The molecule has 3 rings (SSSR count). The van der Waals surface area contributed by atoms with Crippen LogP contribution in [0, 0.1) is 0 Å². The van der Waals surface area contributed by atoms with Crippen LogP contribution in [0.2, 0.25) is 0 Å². The van der Waals surface area contributed by atoms with E-state index in [1.165, 1.54) is 4.90 Å². The third-order valence-corrected chi connectivity index (χ3v) is 4.36. The van der Waals surface area contributed by atoms with Gasteiger partial charge in [0.1, 0.15) is 12.3 Å². The van der Waals surface area contributed by atoms with Crippen molar-refractivity contribution < 1.29 is 19.5 Å². The summed E-state index contributed by atoms with van der Waals surface area (Å²) in [6.45, 7) is 3.78. The molecule has 0 saturated heterocycles. The molecule has 1 aliphatic heterocycles. The summed E-state index contributed by atoms with van der Waals surface area (Å²) in [7, 11) is 2.08. The molecular weight excluding hydrogens is 316 g/mol. The largest absolute Gasteiger partial charge is 0.507 e. The summed E-state index contributed by atoms with van der Waals surface area (Å²) in [6.07, 6.45) is 7.29. The van der Waals surface area contributed by atoms with E-state index in [2.05, 4.69) is 19.0 Å². The minimum absolute atomic E-state index is 0.153. The Morgan fingerprint density at radius 1 is 1.24 bits per heavy atom. The van der Waals surface area contributed by atoms with Gasteiger partial charge in [0.15, 0.2) is 11.5 Å². The Balaban J connectivity index is 1.89. The lowest BCUT2D eigenvalue weighted by Crippen LogP contribution is -3.07. The van der Waals surface area contributed by atoms with E-state index in [9.17, 15) is 9.90 Å². The van der Waals surface area contributed by atoms with Crippen molar-refractivity contribution in [1.29, 1.82) is 0 Å². The monoisotopic (exact) mass is 339 g/mol. The van der Waals surface area contributed by atoms with Gasteiger partial charge in [-0.25, -0.2) is 0 Å². The highest BCUT2D eigenvalue weighted by Gasteiger charge is 2.32. The quantitative estimate of drug-likeness (QED) is 0.792. The molecule has 1 atom stereocenters. The number of unbranched alkanes of at least 4 members (excludes halogenated alkanes) is 1. The number of pyridine rings is 1. The van der Waals surface area contributed by atoms with Crippen LogP contribution < -0.4 is 9.64 Å². The highest BCUT2D eigenvalue weighted by atomic mass is 16.5. The Morgan fingerprint density at radius 3 is 2.72 bits per heavy atom. The number of phenols is 1. The number of ether oxygens (including phenoxy) is 1. The van der Waals surface area contributed by atoms with Crippen LogP contribution in [0.25, 0.3) is 6.08 Å². The lowest BCUT2D eigenvalue weighted by Gasteiger charge is -2.16. The van der Waals surface area contributed by atoms with Gasteiger partial charge in [0, 0.05) is 12.4 Å². The number of carbonyl (C=O) groups is 1. The molecule has 5 nitrogen and oxygen atoms in total. The van der Waals surface area contributed by atoms with E-state index in [0.29, 0.717) is 23.4 Å². The first-order valence-electron chi connectivity index (χ1n) is 8.60. The molecule has 0 fully saturated rings. The Hall–Kier alpha value is -2.66. The van der Waals surface area contributed by atoms with Crippen molar-refractivity contribution in [3.8, 4) is 11.5 Å². The molecular formula is C20H23N2O3+. The average Bonchev–Trinajstić information content (AvgIpc) is 2.93. The van der Waals surface area contributed by atoms with Crippen molar-refractivity contribution in [2.45, 2.75) is 26.3 Å². The maximum atomic E-state index is 12.6. The SMILES string of the molecule is CCCC[NH+](C)Cc1c(O)ccc2c1O/C(=C/c1ccncc1)C2=O. The van der Waals surface area contributed by atoms with Gasteiger partial charge in [0.2, 0.25) is 5.78 Å². The molecule has 130 valence electrons. The van der Waals surface area contributed by atoms with Crippen molar-refractivity contribution >= 4 is 11.9 Å². The number of fused-ring (bicyclic) bond motifs is 1. The lowest BCUT2D eigenvalue weighted by molar-refractivity contribution is -0.894. The lowest BCUT2D eigenvalue weighted by atomic mass is 10.0. The van der Waals surface area contributed by atoms with Gasteiger partial charge in [-0.15, -0.1) is 0 Å². The van der Waals surface area contributed by atoms with E-state index >= 15 is 0 Å². The standard InChI is InChI=1S/C20H22N2O3/c1-3-4-11-22(2)13-16-17(23)6-5-15-19(24)18(25-20(15)16)12-14-7-9-21-10-8-14/h5-10,12,23H,3-4,11,13H2,1-2H3/p+1/b18-12+. The van der Waals surface area contributed by atoms with Crippen LogP contribution in [0.4, 0.5) is 0 Å². The maximum Gasteiger partial charge on any atom is 0.231 e. The number of hydrogen-bond acceptors (Lipinski definition) is 4. The van der Waals surface area contributed by atoms with Crippen molar-refractivity contribution in [2.75, 3.05) is 13.6 Å². The summed E-state index contributed by atoms with van der Waals surface area (Å²) in [5.74, 6) is 0.784. The topological polar surface area (TPSA) is 63.9 Å². The fourth-order valence-corrected chi connectivity index (χ4v) is 2.95. The van der Waals surface area contributed by atoms with Crippen LogP contribution in [0.1, 0.15) is 41.3 Å². The van der Waals surface area contributed by atoms with Crippen molar-refractivity contribution in [2.24, 2.45) is 0 Å². The van der Waals surface area contributed by atoms with Crippen LogP contribution >= 0.6 is 0 Å². The molecule has 2 N–H and O–H groups in total. The minimum atomic E-state index is -0.153. The van der Waals surface area contributed by atoms with E-state index in [1.807, 2.05) is 12.1 Å². The molecule has 0 saturated carbocycles. The summed E-state index contributed by atoms with van der Waals surface area (Å²) in [4.78, 5) is 17.9. The number of phenolic OH excluding ortho intramolecular Hbond substituents is 1. The zero-order valence-corrected chi connectivity index (χ0v) is 14.6. The Bertz CT molecular complexity index is 800. The van der Waals surface area contributed by atoms with E-state index in [0.717, 1.165) is 24.9 Å². The fraction of sp³-hybridized carbons (Fsp3) is 0.300. The van der Waals surface area contributed by atoms with Crippen molar-refractivity contribution in [3.63, 3.8) is 0 Å². The van der Waals surface area contributed by atoms with Gasteiger partial charge in [-0.2, -0.15) is 0 Å². The number of rotatable bonds is 6. The van der Waals surface area contributed by atoms with Gasteiger partial charge in [0.05, 0.1) is 24.7 Å². The van der Waals surface area contributed by atoms with E-state index in [1.54, 1.807) is 30.6 Å². The van der Waals surface area contributed by atoms with Gasteiger partial charge >= 0.3 is 0 Å². The van der Waals surface area contributed by atoms with Gasteiger partial charge in [-0.05, 0) is 42.3 Å². The molecule has 1 unspecified atom stereocenters. The highest BCUT2D eigenvalue weighted by molar-refractivity contribution is 6.14. The number of benzene rings is 1. The first kappa shape index (κ1) is 17.2. The highest BCUT2D eigenvalue weighted by Crippen LogP contribution is 2.39. The molecule has 1 aliphatic rings. The van der Waals surface area contributed by atoms with E-state index in [-0.39, 0.29) is 17.3 Å². The number of nitrogens with zero attached hydrogens (tertiary/aromatic N) is 1. The molecule has 0 spiro atoms. The predicted octanol–water partition coefficient (Wildman–Crippen LogP) is 2.22. The summed E-state index contributed by atoms with van der Waals surface area (Å²) < 4.78 is 5.86. The fourth-order valence-electron chi connectivity index (χ4n) is 2.95. The minimum Gasteiger partial charge on any atom is -0.507 e. The second-order valence-electron chi connectivity index (χ2n) is 6.40. The molecule has 2 heterocycles. The summed E-state index contributed by atoms with van der Waals surface area (Å²) in [6, 6.07) is 6.84. The van der Waals surface area contributed by atoms with Crippen LogP contribution in [-0.2, 0) is 6.54 Å². The number of aromatic hydroxyl groups is 1. The molecule has 1 aromatic carbocycles. The molecule has 0 bridgehead atoms. The van der Waals surface area contributed by atoms with Gasteiger partial charge in [0.25, 0.3) is 0 Å². The molecule has 0 aliphatic carbocycles. The van der Waals surface area contributed by atoms with Crippen molar-refractivity contribution in [1.82, 2.24) is 4.98 Å². The zero-order valence-electron chi connectivity index (χ0n) is 14.6. The molecule has 5 heteroatoms. The number of carbonyl (C=O) groups excluding carboxylic acids is 1. The summed E-state index contributed by atoms with van der Waals surface area (Å²) in [5, 5.41) is 10.3. The number of nitrogens with one attached hydrogen (secondary N) is 1. The zero-order chi connectivity index (χ0) is 17.8. The van der Waals surface area contributed by atoms with Gasteiger partial charge < -0.3 is 14.7 Å². The molecule has 1 aromatic heterocycles. The van der Waals surface area contributed by atoms with Gasteiger partial charge in [-0.1, -0.05) is 13.3 Å². The second kappa shape index (κ2) is 7.49. The first-order valence-corrected chi connectivity index (χ1v) is 8.60. The smallest absolute Gasteiger partial charge is 0.231 e. The third-order valence-electron chi connectivity index (χ3n) is 4.36. The van der Waals surface area contributed by atoms with Gasteiger partial charge in [-0.3, -0.25) is 9.78 Å². The number of allylic oxidation sites excluding steroid dienone is 1. The van der Waals surface area contributed by atoms with E-state index in [4.69, 9.17) is 4.74 Å². The predicted molar refractivity (Wildman–Crippen MR) is 95.6 cm³/mol. The van der Waals surface area contributed by atoms with Crippen LogP contribution in [0.3, 0.4) is 0 Å². The number of quaternary nitrogens is 1. The molecule has 2 aromatic rings.